The fourth-order valence-electron chi connectivity index (χ4n) is 1.46. The molecular weight excluding hydrogens is 323 g/mol. The highest BCUT2D eigenvalue weighted by Crippen LogP contribution is 2.19. The van der Waals surface area contributed by atoms with Crippen LogP contribution >= 0.6 is 34.8 Å². The van der Waals surface area contributed by atoms with Crippen LogP contribution in [0.2, 0.25) is 10.0 Å². The van der Waals surface area contributed by atoms with E-state index in [0.717, 1.165) is 0 Å². The van der Waals surface area contributed by atoms with Gasteiger partial charge in [-0.25, -0.2) is 4.98 Å². The monoisotopic (exact) mass is 328 g/mol. The fraction of sp³-hybridized carbons (Fsp3) is 0. The van der Waals surface area contributed by atoms with Crippen LogP contribution in [0.3, 0.4) is 0 Å². The zero-order chi connectivity index (χ0) is 14.7. The molecule has 1 N–H and O–H groups in total. The first-order chi connectivity index (χ1) is 9.45. The Morgan fingerprint density at radius 3 is 2.15 bits per heavy atom. The third kappa shape index (κ3) is 3.70. The molecule has 2 rings (SSSR count). The number of anilines is 1. The van der Waals surface area contributed by atoms with E-state index in [9.17, 15) is 9.59 Å². The molecule has 102 valence electrons. The van der Waals surface area contributed by atoms with Gasteiger partial charge in [0, 0.05) is 21.8 Å². The highest BCUT2D eigenvalue weighted by atomic mass is 35.5. The Morgan fingerprint density at radius 2 is 1.65 bits per heavy atom. The van der Waals surface area contributed by atoms with Gasteiger partial charge in [0.2, 0.25) is 0 Å². The first-order valence-electron chi connectivity index (χ1n) is 5.39. The molecule has 0 saturated carbocycles. The van der Waals surface area contributed by atoms with Crippen LogP contribution in [0, 0.1) is 0 Å². The van der Waals surface area contributed by atoms with Gasteiger partial charge in [-0.2, -0.15) is 0 Å². The van der Waals surface area contributed by atoms with Crippen LogP contribution in [0.1, 0.15) is 20.7 Å². The maximum absolute atomic E-state index is 12.0. The topological polar surface area (TPSA) is 59.1 Å². The number of carbonyl (C=O) groups is 2. The predicted molar refractivity (Wildman–Crippen MR) is 78.8 cm³/mol. The second-order valence-corrected chi connectivity index (χ2v) is 5.03. The molecule has 0 saturated heterocycles. The molecule has 0 atom stereocenters. The largest absolute Gasteiger partial charge is 0.307 e. The molecule has 0 spiro atoms. The first-order valence-corrected chi connectivity index (χ1v) is 6.52. The van der Waals surface area contributed by atoms with Gasteiger partial charge in [0.15, 0.2) is 0 Å². The summed E-state index contributed by atoms with van der Waals surface area (Å²) in [5, 5.41) is 2.66. The molecule has 20 heavy (non-hydrogen) atoms. The lowest BCUT2D eigenvalue weighted by atomic mass is 10.2. The molecule has 0 aliphatic heterocycles. The summed E-state index contributed by atoms with van der Waals surface area (Å²) in [6, 6.07) is 7.43. The normalized spacial score (nSPS) is 10.2. The van der Waals surface area contributed by atoms with Crippen LogP contribution in [-0.4, -0.2) is 16.1 Å². The number of rotatable bonds is 3. The van der Waals surface area contributed by atoms with Gasteiger partial charge in [-0.15, -0.1) is 0 Å². The van der Waals surface area contributed by atoms with Crippen molar-refractivity contribution in [1.82, 2.24) is 4.98 Å². The Hall–Kier alpha value is -1.62. The Morgan fingerprint density at radius 1 is 1.00 bits per heavy atom. The fourth-order valence-corrected chi connectivity index (χ4v) is 2.10. The summed E-state index contributed by atoms with van der Waals surface area (Å²) in [6.07, 6.45) is 1.27. The number of carbonyl (C=O) groups excluding carboxylic acids is 2. The van der Waals surface area contributed by atoms with Crippen LogP contribution in [0.4, 0.5) is 5.82 Å². The Kier molecular flexibility index (Phi) is 4.60. The van der Waals surface area contributed by atoms with E-state index in [2.05, 4.69) is 10.3 Å². The van der Waals surface area contributed by atoms with Gasteiger partial charge in [-0.3, -0.25) is 9.59 Å². The van der Waals surface area contributed by atoms with E-state index < -0.39 is 11.1 Å². The smallest absolute Gasteiger partial charge is 0.256 e. The van der Waals surface area contributed by atoms with Crippen molar-refractivity contribution in [1.29, 1.82) is 0 Å². The molecule has 0 bridgehead atoms. The summed E-state index contributed by atoms with van der Waals surface area (Å²) in [4.78, 5) is 26.8. The minimum Gasteiger partial charge on any atom is -0.307 e. The van der Waals surface area contributed by atoms with E-state index in [1.807, 2.05) is 0 Å². The van der Waals surface area contributed by atoms with Gasteiger partial charge in [-0.05, 0) is 41.9 Å². The zero-order valence-electron chi connectivity index (χ0n) is 9.86. The van der Waals surface area contributed by atoms with Gasteiger partial charge in [0.25, 0.3) is 11.1 Å². The average Bonchev–Trinajstić information content (AvgIpc) is 2.38. The van der Waals surface area contributed by atoms with Crippen LogP contribution < -0.4 is 5.32 Å². The maximum atomic E-state index is 12.0. The number of halogens is 3. The summed E-state index contributed by atoms with van der Waals surface area (Å²) in [6.45, 7) is 0. The minimum absolute atomic E-state index is 0.246. The van der Waals surface area contributed by atoms with E-state index in [0.29, 0.717) is 15.6 Å². The lowest BCUT2D eigenvalue weighted by molar-refractivity contribution is 0.102. The van der Waals surface area contributed by atoms with Crippen molar-refractivity contribution in [2.24, 2.45) is 0 Å². The number of aromatic nitrogens is 1. The highest BCUT2D eigenvalue weighted by molar-refractivity contribution is 6.67. The molecule has 0 aliphatic carbocycles. The third-order valence-corrected chi connectivity index (χ3v) is 3.01. The number of benzene rings is 1. The second kappa shape index (κ2) is 6.22. The second-order valence-electron chi connectivity index (χ2n) is 3.82. The molecule has 7 heteroatoms. The molecule has 2 aromatic rings. The number of pyridine rings is 1. The molecule has 1 aromatic carbocycles. The molecule has 0 radical (unpaired) electrons. The van der Waals surface area contributed by atoms with Crippen LogP contribution in [0.5, 0.6) is 0 Å². The zero-order valence-corrected chi connectivity index (χ0v) is 12.1. The van der Waals surface area contributed by atoms with E-state index >= 15 is 0 Å². The Labute approximate surface area is 129 Å². The third-order valence-electron chi connectivity index (χ3n) is 2.36. The van der Waals surface area contributed by atoms with Gasteiger partial charge in [0.1, 0.15) is 5.82 Å². The molecule has 0 fully saturated rings. The van der Waals surface area contributed by atoms with E-state index in [1.54, 1.807) is 0 Å². The van der Waals surface area contributed by atoms with E-state index in [1.165, 1.54) is 36.5 Å². The molecule has 0 aliphatic rings. The number of hydrogen-bond acceptors (Lipinski definition) is 3. The Bertz CT molecular complexity index is 652. The van der Waals surface area contributed by atoms with Gasteiger partial charge in [0.05, 0.1) is 5.56 Å². The molecule has 1 heterocycles. The Balaban J connectivity index is 2.16. The number of nitrogens with one attached hydrogen (secondary N) is 1. The minimum atomic E-state index is -0.614. The molecule has 1 aromatic heterocycles. The SMILES string of the molecule is O=C(Cl)c1ccc(NC(=O)c2cc(Cl)cc(Cl)c2)nc1. The van der Waals surface area contributed by atoms with E-state index in [4.69, 9.17) is 34.8 Å². The number of hydrogen-bond donors (Lipinski definition) is 1. The first kappa shape index (κ1) is 14.8. The lowest BCUT2D eigenvalue weighted by Gasteiger charge is -2.05. The summed E-state index contributed by atoms with van der Waals surface area (Å²) < 4.78 is 0. The maximum Gasteiger partial charge on any atom is 0.256 e. The predicted octanol–water partition coefficient (Wildman–Crippen LogP) is 4.02. The molecular formula is C13H7Cl3N2O2. The van der Waals surface area contributed by atoms with Crippen molar-refractivity contribution in [3.05, 3.63) is 57.7 Å². The van der Waals surface area contributed by atoms with Crippen LogP contribution in [0.25, 0.3) is 0 Å². The standard InChI is InChI=1S/C13H7Cl3N2O2/c14-9-3-8(4-10(15)5-9)13(20)18-11-2-1-7(6-17-11)12(16)19/h1-6H,(H,17,18,20). The quantitative estimate of drug-likeness (QED) is 0.865. The summed E-state index contributed by atoms with van der Waals surface area (Å²) in [5.74, 6) is -0.125. The van der Waals surface area contributed by atoms with Gasteiger partial charge < -0.3 is 5.32 Å². The van der Waals surface area contributed by atoms with Gasteiger partial charge in [-0.1, -0.05) is 23.2 Å². The van der Waals surface area contributed by atoms with Crippen molar-refractivity contribution < 1.29 is 9.59 Å². The van der Waals surface area contributed by atoms with Crippen molar-refractivity contribution >= 4 is 51.8 Å². The summed E-state index contributed by atoms with van der Waals surface area (Å²) >= 11 is 16.9. The molecule has 4 nitrogen and oxygen atoms in total. The van der Waals surface area contributed by atoms with Crippen LogP contribution in [-0.2, 0) is 0 Å². The molecule has 1 amide bonds. The number of nitrogens with zero attached hydrogens (tertiary/aromatic N) is 1. The molecule has 0 unspecified atom stereocenters. The van der Waals surface area contributed by atoms with Crippen molar-refractivity contribution in [2.75, 3.05) is 5.32 Å². The van der Waals surface area contributed by atoms with Gasteiger partial charge >= 0.3 is 0 Å². The average molecular weight is 330 g/mol. The van der Waals surface area contributed by atoms with Crippen molar-refractivity contribution in [3.63, 3.8) is 0 Å². The summed E-state index contributed by atoms with van der Waals surface area (Å²) in [5.41, 5.74) is 0.553. The lowest BCUT2D eigenvalue weighted by Crippen LogP contribution is -2.13. The van der Waals surface area contributed by atoms with Crippen molar-refractivity contribution in [3.8, 4) is 0 Å². The van der Waals surface area contributed by atoms with E-state index in [-0.39, 0.29) is 11.4 Å². The van der Waals surface area contributed by atoms with Crippen molar-refractivity contribution in [2.45, 2.75) is 0 Å². The highest BCUT2D eigenvalue weighted by Gasteiger charge is 2.09. The number of amides is 1. The van der Waals surface area contributed by atoms with Crippen LogP contribution in [0.15, 0.2) is 36.5 Å². The summed E-state index contributed by atoms with van der Waals surface area (Å²) in [7, 11) is 0.